The van der Waals surface area contributed by atoms with Crippen molar-refractivity contribution in [1.82, 2.24) is 0 Å². The average molecular weight is 273 g/mol. The van der Waals surface area contributed by atoms with Gasteiger partial charge in [0.15, 0.2) is 5.82 Å². The highest BCUT2D eigenvalue weighted by atomic mass is 19.1. The number of rotatable bonds is 2. The second kappa shape index (κ2) is 4.52. The summed E-state index contributed by atoms with van der Waals surface area (Å²) in [5, 5.41) is 0. The Labute approximate surface area is 113 Å². The fourth-order valence-corrected chi connectivity index (χ4v) is 2.27. The first-order valence-corrected chi connectivity index (χ1v) is 5.97. The largest absolute Gasteiger partial charge is 0.299 e. The number of benzene rings is 2. The number of Topliss-reactive ketones (excluding diaryl/α,β-unsaturated/α-hetero) is 1. The summed E-state index contributed by atoms with van der Waals surface area (Å²) in [5.41, 5.74) is 0.388. The molecule has 0 spiro atoms. The van der Waals surface area contributed by atoms with E-state index in [-0.39, 0.29) is 17.8 Å². The second-order valence-electron chi connectivity index (χ2n) is 4.49. The molecule has 1 aliphatic rings. The van der Waals surface area contributed by atoms with Crippen molar-refractivity contribution in [1.29, 1.82) is 0 Å². The van der Waals surface area contributed by atoms with Gasteiger partial charge in [-0.15, -0.1) is 0 Å². The molecule has 0 radical (unpaired) electrons. The number of amides is 1. The lowest BCUT2D eigenvalue weighted by molar-refractivity contribution is -0.114. The van der Waals surface area contributed by atoms with E-state index in [4.69, 9.17) is 0 Å². The molecule has 100 valence electrons. The average Bonchev–Trinajstić information content (AvgIpc) is 2.65. The molecule has 0 saturated carbocycles. The van der Waals surface area contributed by atoms with Gasteiger partial charge in [0.2, 0.25) is 0 Å². The summed E-state index contributed by atoms with van der Waals surface area (Å²) in [6, 6.07) is 10.4. The summed E-state index contributed by atoms with van der Waals surface area (Å²) in [6.07, 6.45) is 0. The van der Waals surface area contributed by atoms with Gasteiger partial charge < -0.3 is 0 Å². The Hall–Kier alpha value is -2.56. The lowest BCUT2D eigenvalue weighted by Gasteiger charge is -2.17. The van der Waals surface area contributed by atoms with Gasteiger partial charge >= 0.3 is 0 Å². The van der Waals surface area contributed by atoms with Crippen molar-refractivity contribution in [2.75, 3.05) is 4.90 Å². The second-order valence-corrected chi connectivity index (χ2v) is 4.49. The number of anilines is 1. The minimum absolute atomic E-state index is 0.0704. The van der Waals surface area contributed by atoms with Crippen LogP contribution in [0.15, 0.2) is 42.5 Å². The zero-order chi connectivity index (χ0) is 14.3. The number of hydrogen-bond donors (Lipinski definition) is 0. The third-order valence-electron chi connectivity index (χ3n) is 3.17. The highest BCUT2D eigenvalue weighted by Gasteiger charge is 2.38. The van der Waals surface area contributed by atoms with Crippen molar-refractivity contribution in [2.24, 2.45) is 0 Å². The Bertz CT molecular complexity index is 713. The molecule has 0 bridgehead atoms. The van der Waals surface area contributed by atoms with Gasteiger partial charge in [0, 0.05) is 6.07 Å². The van der Waals surface area contributed by atoms with Gasteiger partial charge in [-0.2, -0.15) is 0 Å². The van der Waals surface area contributed by atoms with Gasteiger partial charge in [0.05, 0.1) is 17.8 Å². The van der Waals surface area contributed by atoms with E-state index in [0.717, 1.165) is 16.5 Å². The molecule has 1 aliphatic heterocycles. The topological polar surface area (TPSA) is 37.4 Å². The summed E-state index contributed by atoms with van der Waals surface area (Å²) in [7, 11) is 0. The van der Waals surface area contributed by atoms with E-state index in [2.05, 4.69) is 0 Å². The summed E-state index contributed by atoms with van der Waals surface area (Å²) >= 11 is 0. The Morgan fingerprint density at radius 1 is 1.00 bits per heavy atom. The minimum Gasteiger partial charge on any atom is -0.298 e. The number of nitrogens with zero attached hydrogens (tertiary/aromatic N) is 1. The number of ketones is 1. The quantitative estimate of drug-likeness (QED) is 0.789. The Kier molecular flexibility index (Phi) is 2.82. The van der Waals surface area contributed by atoms with Crippen LogP contribution in [0, 0.1) is 11.6 Å². The molecular weight excluding hydrogens is 264 g/mol. The fraction of sp³-hybridized carbons (Fsp3) is 0.0667. The molecule has 0 aromatic heterocycles. The van der Waals surface area contributed by atoms with Crippen LogP contribution in [-0.4, -0.2) is 11.7 Å². The van der Waals surface area contributed by atoms with Crippen molar-refractivity contribution in [2.45, 2.75) is 6.54 Å². The van der Waals surface area contributed by atoms with Gasteiger partial charge in [-0.25, -0.2) is 8.78 Å². The zero-order valence-corrected chi connectivity index (χ0v) is 10.3. The van der Waals surface area contributed by atoms with E-state index in [1.165, 1.54) is 0 Å². The summed E-state index contributed by atoms with van der Waals surface area (Å²) in [5.74, 6) is -3.50. The molecular formula is C15H9F2NO2. The highest BCUT2D eigenvalue weighted by Crippen LogP contribution is 2.33. The van der Waals surface area contributed by atoms with Gasteiger partial charge in [-0.1, -0.05) is 30.3 Å². The molecule has 2 aromatic carbocycles. The highest BCUT2D eigenvalue weighted by molar-refractivity contribution is 6.52. The molecule has 0 aliphatic carbocycles. The third kappa shape index (κ3) is 1.87. The van der Waals surface area contributed by atoms with Gasteiger partial charge in [-0.05, 0) is 11.6 Å². The van der Waals surface area contributed by atoms with Crippen LogP contribution >= 0.6 is 0 Å². The summed E-state index contributed by atoms with van der Waals surface area (Å²) < 4.78 is 27.0. The van der Waals surface area contributed by atoms with E-state index < -0.39 is 23.3 Å². The standard InChI is InChI=1S/C15H9F2NO2/c16-10-6-11-13(12(17)7-10)18(15(20)14(11)19)8-9-4-2-1-3-5-9/h1-7H,8H2. The molecule has 0 unspecified atom stereocenters. The Morgan fingerprint density at radius 2 is 1.70 bits per heavy atom. The van der Waals surface area contributed by atoms with E-state index in [1.54, 1.807) is 24.3 Å². The third-order valence-corrected chi connectivity index (χ3v) is 3.17. The molecule has 20 heavy (non-hydrogen) atoms. The molecule has 5 heteroatoms. The maximum Gasteiger partial charge on any atom is 0.299 e. The number of hydrogen-bond acceptors (Lipinski definition) is 2. The monoisotopic (exact) mass is 273 g/mol. The Balaban J connectivity index is 2.07. The summed E-state index contributed by atoms with van der Waals surface area (Å²) in [4.78, 5) is 24.7. The van der Waals surface area contributed by atoms with Crippen LogP contribution in [0.25, 0.3) is 0 Å². The molecule has 1 heterocycles. The lowest BCUT2D eigenvalue weighted by atomic mass is 10.1. The predicted molar refractivity (Wildman–Crippen MR) is 68.3 cm³/mol. The van der Waals surface area contributed by atoms with E-state index >= 15 is 0 Å². The van der Waals surface area contributed by atoms with Gasteiger partial charge in [0.1, 0.15) is 5.82 Å². The number of halogens is 2. The van der Waals surface area contributed by atoms with E-state index in [9.17, 15) is 18.4 Å². The van der Waals surface area contributed by atoms with Crippen molar-refractivity contribution in [3.8, 4) is 0 Å². The van der Waals surface area contributed by atoms with Crippen LogP contribution in [0.2, 0.25) is 0 Å². The van der Waals surface area contributed by atoms with Crippen molar-refractivity contribution >= 4 is 17.4 Å². The number of carbonyl (C=O) groups excluding carboxylic acids is 2. The molecule has 0 fully saturated rings. The van der Waals surface area contributed by atoms with Crippen LogP contribution in [-0.2, 0) is 11.3 Å². The number of carbonyl (C=O) groups is 2. The molecule has 3 rings (SSSR count). The van der Waals surface area contributed by atoms with Crippen molar-refractivity contribution in [3.05, 3.63) is 65.2 Å². The maximum absolute atomic E-state index is 13.9. The first-order valence-electron chi connectivity index (χ1n) is 5.97. The normalized spacial score (nSPS) is 13.8. The molecule has 3 nitrogen and oxygen atoms in total. The summed E-state index contributed by atoms with van der Waals surface area (Å²) in [6.45, 7) is 0.0704. The molecule has 0 atom stereocenters. The SMILES string of the molecule is O=C1C(=O)N(Cc2ccccc2)c2c(F)cc(F)cc21. The molecule has 0 saturated heterocycles. The van der Waals surface area contributed by atoms with Crippen molar-refractivity contribution in [3.63, 3.8) is 0 Å². The van der Waals surface area contributed by atoms with Crippen LogP contribution in [0.4, 0.5) is 14.5 Å². The number of fused-ring (bicyclic) bond motifs is 1. The lowest BCUT2D eigenvalue weighted by Crippen LogP contribution is -2.29. The van der Waals surface area contributed by atoms with Crippen LogP contribution < -0.4 is 4.90 Å². The van der Waals surface area contributed by atoms with Gasteiger partial charge in [0.25, 0.3) is 11.7 Å². The molecule has 2 aromatic rings. The van der Waals surface area contributed by atoms with E-state index in [0.29, 0.717) is 6.07 Å². The van der Waals surface area contributed by atoms with E-state index in [1.807, 2.05) is 6.07 Å². The van der Waals surface area contributed by atoms with Crippen LogP contribution in [0.3, 0.4) is 0 Å². The first-order chi connectivity index (χ1) is 9.58. The maximum atomic E-state index is 13.9. The van der Waals surface area contributed by atoms with Crippen LogP contribution in [0.5, 0.6) is 0 Å². The minimum atomic E-state index is -0.907. The van der Waals surface area contributed by atoms with Crippen molar-refractivity contribution < 1.29 is 18.4 Å². The van der Waals surface area contributed by atoms with Crippen LogP contribution in [0.1, 0.15) is 15.9 Å². The van der Waals surface area contributed by atoms with Gasteiger partial charge in [-0.3, -0.25) is 14.5 Å². The zero-order valence-electron chi connectivity index (χ0n) is 10.3. The first kappa shape index (κ1) is 12.5. The fourth-order valence-electron chi connectivity index (χ4n) is 2.27. The Morgan fingerprint density at radius 3 is 2.40 bits per heavy atom. The predicted octanol–water partition coefficient (Wildman–Crippen LogP) is 2.69. The molecule has 0 N–H and O–H groups in total. The molecule has 1 amide bonds. The smallest absolute Gasteiger partial charge is 0.298 e.